The summed E-state index contributed by atoms with van der Waals surface area (Å²) >= 11 is 3.31. The average molecular weight is 464 g/mol. The van der Waals surface area contributed by atoms with E-state index in [0.29, 0.717) is 42.2 Å². The van der Waals surface area contributed by atoms with Gasteiger partial charge in [-0.1, -0.05) is 12.1 Å². The van der Waals surface area contributed by atoms with Gasteiger partial charge in [-0.2, -0.15) is 0 Å². The molecule has 0 aliphatic carbocycles. The number of nitrogens with zero attached hydrogens (tertiary/aromatic N) is 2. The van der Waals surface area contributed by atoms with Crippen molar-refractivity contribution in [3.05, 3.63) is 62.6 Å². The van der Waals surface area contributed by atoms with E-state index in [1.54, 1.807) is 24.3 Å². The number of anilines is 2. The number of halogens is 1. The number of para-hydroxylation sites is 1. The highest BCUT2D eigenvalue weighted by Gasteiger charge is 2.23. The minimum atomic E-state index is -0.808. The summed E-state index contributed by atoms with van der Waals surface area (Å²) in [6.07, 6.45) is 0. The largest absolute Gasteiger partial charge is 0.452 e. The smallest absolute Gasteiger partial charge is 0.341 e. The zero-order chi connectivity index (χ0) is 20.8. The predicted molar refractivity (Wildman–Crippen MR) is 109 cm³/mol. The van der Waals surface area contributed by atoms with Crippen LogP contribution in [-0.4, -0.2) is 49.7 Å². The number of ether oxygens (including phenoxy) is 2. The van der Waals surface area contributed by atoms with Crippen molar-refractivity contribution in [3.8, 4) is 0 Å². The van der Waals surface area contributed by atoms with Crippen LogP contribution >= 0.6 is 15.9 Å². The number of morpholine rings is 1. The fraction of sp³-hybridized carbons (Fsp3) is 0.263. The maximum Gasteiger partial charge on any atom is 0.341 e. The number of carbonyl (C=O) groups excluding carboxylic acids is 2. The Morgan fingerprint density at radius 2 is 1.93 bits per heavy atom. The molecule has 1 aliphatic rings. The van der Waals surface area contributed by atoms with E-state index < -0.39 is 23.4 Å². The van der Waals surface area contributed by atoms with E-state index >= 15 is 0 Å². The Morgan fingerprint density at radius 1 is 1.21 bits per heavy atom. The number of amides is 1. The summed E-state index contributed by atoms with van der Waals surface area (Å²) in [4.78, 5) is 37.2. The van der Waals surface area contributed by atoms with Gasteiger partial charge in [0.15, 0.2) is 6.61 Å². The first-order chi connectivity index (χ1) is 14.0. The van der Waals surface area contributed by atoms with Crippen LogP contribution in [0.1, 0.15) is 10.4 Å². The van der Waals surface area contributed by atoms with Crippen LogP contribution in [0, 0.1) is 10.1 Å². The Labute approximate surface area is 174 Å². The highest BCUT2D eigenvalue weighted by Crippen LogP contribution is 2.27. The molecular weight excluding hydrogens is 446 g/mol. The minimum Gasteiger partial charge on any atom is -0.452 e. The number of benzene rings is 2. The van der Waals surface area contributed by atoms with Gasteiger partial charge in [-0.15, -0.1) is 0 Å². The molecule has 152 valence electrons. The molecule has 1 heterocycles. The predicted octanol–water partition coefficient (Wildman–Crippen LogP) is 2.99. The lowest BCUT2D eigenvalue weighted by Gasteiger charge is -2.30. The lowest BCUT2D eigenvalue weighted by molar-refractivity contribution is -0.384. The van der Waals surface area contributed by atoms with Crippen molar-refractivity contribution in [1.82, 2.24) is 0 Å². The van der Waals surface area contributed by atoms with Crippen LogP contribution in [-0.2, 0) is 14.3 Å². The van der Waals surface area contributed by atoms with Gasteiger partial charge < -0.3 is 19.7 Å². The minimum absolute atomic E-state index is 0.0368. The van der Waals surface area contributed by atoms with Crippen LogP contribution < -0.4 is 10.2 Å². The third-order valence-corrected chi connectivity index (χ3v) is 4.94. The van der Waals surface area contributed by atoms with Crippen molar-refractivity contribution in [1.29, 1.82) is 0 Å². The Kier molecular flexibility index (Phi) is 6.78. The first-order valence-electron chi connectivity index (χ1n) is 8.78. The van der Waals surface area contributed by atoms with Gasteiger partial charge in [-0.05, 0) is 34.1 Å². The summed E-state index contributed by atoms with van der Waals surface area (Å²) in [5, 5.41) is 13.7. The molecular formula is C19H18BrN3O6. The number of non-ortho nitro benzene ring substituents is 1. The van der Waals surface area contributed by atoms with Gasteiger partial charge in [0.2, 0.25) is 0 Å². The number of nitro benzene ring substituents is 1. The molecule has 1 aliphatic heterocycles. The van der Waals surface area contributed by atoms with Crippen molar-refractivity contribution in [2.45, 2.75) is 0 Å². The van der Waals surface area contributed by atoms with E-state index in [0.717, 1.165) is 0 Å². The summed E-state index contributed by atoms with van der Waals surface area (Å²) in [6.45, 7) is 1.53. The van der Waals surface area contributed by atoms with E-state index in [9.17, 15) is 19.7 Å². The number of hydrogen-bond acceptors (Lipinski definition) is 7. The molecule has 0 aromatic heterocycles. The first kappa shape index (κ1) is 20.7. The molecule has 2 aromatic carbocycles. The van der Waals surface area contributed by atoms with Gasteiger partial charge in [0.05, 0.1) is 35.1 Å². The molecule has 3 rings (SSSR count). The van der Waals surface area contributed by atoms with Gasteiger partial charge in [0.25, 0.3) is 11.6 Å². The summed E-state index contributed by atoms with van der Waals surface area (Å²) < 4.78 is 11.1. The fourth-order valence-corrected chi connectivity index (χ4v) is 3.22. The molecule has 1 fully saturated rings. The molecule has 10 heteroatoms. The number of nitro groups is 1. The van der Waals surface area contributed by atoms with E-state index in [-0.39, 0.29) is 11.3 Å². The molecule has 0 unspecified atom stereocenters. The third kappa shape index (κ3) is 5.30. The molecule has 1 saturated heterocycles. The number of hydrogen-bond donors (Lipinski definition) is 1. The molecule has 2 aromatic rings. The molecule has 0 spiro atoms. The molecule has 0 atom stereocenters. The van der Waals surface area contributed by atoms with Crippen molar-refractivity contribution >= 4 is 44.9 Å². The topological polar surface area (TPSA) is 111 Å². The van der Waals surface area contributed by atoms with Crippen molar-refractivity contribution in [2.75, 3.05) is 43.1 Å². The molecule has 0 radical (unpaired) electrons. The SMILES string of the molecule is O=C(COC(=O)c1cc([N+](=O)[O-])ccc1N1CCOCC1)Nc1ccccc1Br. The monoisotopic (exact) mass is 463 g/mol. The van der Waals surface area contributed by atoms with Crippen molar-refractivity contribution in [2.24, 2.45) is 0 Å². The molecule has 9 nitrogen and oxygen atoms in total. The van der Waals surface area contributed by atoms with E-state index in [4.69, 9.17) is 9.47 Å². The number of rotatable bonds is 6. The second-order valence-electron chi connectivity index (χ2n) is 6.16. The van der Waals surface area contributed by atoms with Gasteiger partial charge in [0.1, 0.15) is 0 Å². The van der Waals surface area contributed by atoms with Crippen molar-refractivity contribution < 1.29 is 24.0 Å². The Morgan fingerprint density at radius 3 is 2.62 bits per heavy atom. The normalized spacial score (nSPS) is 13.6. The summed E-state index contributed by atoms with van der Waals surface area (Å²) in [7, 11) is 0. The first-order valence-corrected chi connectivity index (χ1v) is 9.57. The van der Waals surface area contributed by atoms with Gasteiger partial charge in [-0.3, -0.25) is 14.9 Å². The molecule has 29 heavy (non-hydrogen) atoms. The quantitative estimate of drug-likeness (QED) is 0.398. The summed E-state index contributed by atoms with van der Waals surface area (Å²) in [5.41, 5.74) is 0.856. The zero-order valence-corrected chi connectivity index (χ0v) is 16.9. The Hall–Kier alpha value is -2.98. The Balaban J connectivity index is 1.73. The maximum absolute atomic E-state index is 12.6. The second kappa shape index (κ2) is 9.48. The van der Waals surface area contributed by atoms with Gasteiger partial charge in [-0.25, -0.2) is 4.79 Å². The maximum atomic E-state index is 12.6. The van der Waals surface area contributed by atoms with E-state index in [1.165, 1.54) is 18.2 Å². The Bertz CT molecular complexity index is 930. The summed E-state index contributed by atoms with van der Waals surface area (Å²) in [6, 6.07) is 11.0. The lowest BCUT2D eigenvalue weighted by atomic mass is 10.1. The van der Waals surface area contributed by atoms with Crippen LogP contribution in [0.5, 0.6) is 0 Å². The number of nitrogens with one attached hydrogen (secondary N) is 1. The van der Waals surface area contributed by atoms with E-state index in [2.05, 4.69) is 21.2 Å². The lowest BCUT2D eigenvalue weighted by Crippen LogP contribution is -2.37. The number of carbonyl (C=O) groups is 2. The van der Waals surface area contributed by atoms with Gasteiger partial charge >= 0.3 is 5.97 Å². The molecule has 1 amide bonds. The zero-order valence-electron chi connectivity index (χ0n) is 15.3. The average Bonchev–Trinajstić information content (AvgIpc) is 2.74. The third-order valence-electron chi connectivity index (χ3n) is 4.24. The highest BCUT2D eigenvalue weighted by atomic mass is 79.9. The molecule has 0 saturated carbocycles. The number of esters is 1. The summed E-state index contributed by atoms with van der Waals surface area (Å²) in [5.74, 6) is -1.33. The van der Waals surface area contributed by atoms with E-state index in [1.807, 2.05) is 4.90 Å². The van der Waals surface area contributed by atoms with Crippen LogP contribution in [0.2, 0.25) is 0 Å². The second-order valence-corrected chi connectivity index (χ2v) is 7.02. The van der Waals surface area contributed by atoms with Crippen LogP contribution in [0.15, 0.2) is 46.9 Å². The van der Waals surface area contributed by atoms with Crippen molar-refractivity contribution in [3.63, 3.8) is 0 Å². The van der Waals surface area contributed by atoms with Gasteiger partial charge in [0, 0.05) is 29.7 Å². The molecule has 1 N–H and O–H groups in total. The highest BCUT2D eigenvalue weighted by molar-refractivity contribution is 9.10. The van der Waals surface area contributed by atoms with Crippen LogP contribution in [0.4, 0.5) is 17.1 Å². The standard InChI is InChI=1S/C19H18BrN3O6/c20-15-3-1-2-4-16(15)21-18(24)12-29-19(25)14-11-13(23(26)27)5-6-17(14)22-7-9-28-10-8-22/h1-6,11H,7-10,12H2,(H,21,24). The fourth-order valence-electron chi connectivity index (χ4n) is 2.84. The van der Waals surface area contributed by atoms with Crippen LogP contribution in [0.3, 0.4) is 0 Å². The molecule has 0 bridgehead atoms. The van der Waals surface area contributed by atoms with Crippen LogP contribution in [0.25, 0.3) is 0 Å².